The first-order chi connectivity index (χ1) is 12.4. The van der Waals surface area contributed by atoms with E-state index in [1.165, 1.54) is 19.4 Å². The summed E-state index contributed by atoms with van der Waals surface area (Å²) in [5.74, 6) is -2.41. The molecule has 0 saturated heterocycles. The quantitative estimate of drug-likeness (QED) is 0.698. The largest absolute Gasteiger partial charge is 0.481 e. The molecule has 2 aromatic heterocycles. The Hall–Kier alpha value is -3.29. The van der Waals surface area contributed by atoms with Crippen LogP contribution >= 0.6 is 0 Å². The highest BCUT2D eigenvalue weighted by atomic mass is 19.1. The van der Waals surface area contributed by atoms with Crippen LogP contribution in [0.1, 0.15) is 16.8 Å². The molecule has 3 rings (SSSR count). The molecular weight excluding hydrogens is 342 g/mol. The topological polar surface area (TPSA) is 79.9 Å². The summed E-state index contributed by atoms with van der Waals surface area (Å²) in [5, 5.41) is 9.24. The van der Waals surface area contributed by atoms with Crippen LogP contribution in [0.5, 0.6) is 5.88 Å². The van der Waals surface area contributed by atoms with Crippen LogP contribution in [0, 0.1) is 19.7 Å². The third-order valence-corrected chi connectivity index (χ3v) is 3.90. The van der Waals surface area contributed by atoms with Crippen LogP contribution in [-0.4, -0.2) is 28.2 Å². The zero-order valence-electron chi connectivity index (χ0n) is 14.4. The SMILES string of the molecule is COc1cc(C)c(NC(=O)/C(F)=C/c2ccc3cn[nH]c3c2F)c(C)n1. The lowest BCUT2D eigenvalue weighted by atomic mass is 10.1. The van der Waals surface area contributed by atoms with E-state index in [1.807, 2.05) is 0 Å². The number of hydrogen-bond acceptors (Lipinski definition) is 4. The normalized spacial score (nSPS) is 11.7. The van der Waals surface area contributed by atoms with Gasteiger partial charge in [0.15, 0.2) is 11.6 Å². The zero-order valence-corrected chi connectivity index (χ0v) is 14.4. The Labute approximate surface area is 147 Å². The fraction of sp³-hybridized carbons (Fsp3) is 0.167. The van der Waals surface area contributed by atoms with E-state index in [9.17, 15) is 13.6 Å². The number of amides is 1. The lowest BCUT2D eigenvalue weighted by Crippen LogP contribution is -2.14. The number of nitrogens with one attached hydrogen (secondary N) is 2. The number of rotatable bonds is 4. The van der Waals surface area contributed by atoms with Gasteiger partial charge in [0, 0.05) is 17.0 Å². The number of aryl methyl sites for hydroxylation is 2. The van der Waals surface area contributed by atoms with E-state index >= 15 is 0 Å². The molecule has 2 N–H and O–H groups in total. The van der Waals surface area contributed by atoms with Crippen LogP contribution < -0.4 is 10.1 Å². The molecule has 0 radical (unpaired) electrons. The summed E-state index contributed by atoms with van der Waals surface area (Å²) in [5.41, 5.74) is 1.62. The van der Waals surface area contributed by atoms with E-state index < -0.39 is 17.6 Å². The average molecular weight is 358 g/mol. The van der Waals surface area contributed by atoms with Gasteiger partial charge in [-0.1, -0.05) is 12.1 Å². The molecule has 6 nitrogen and oxygen atoms in total. The van der Waals surface area contributed by atoms with Crippen molar-refractivity contribution < 1.29 is 18.3 Å². The van der Waals surface area contributed by atoms with Gasteiger partial charge in [0.1, 0.15) is 5.52 Å². The molecule has 0 aliphatic heterocycles. The van der Waals surface area contributed by atoms with Gasteiger partial charge in [-0.25, -0.2) is 13.8 Å². The fourth-order valence-electron chi connectivity index (χ4n) is 2.57. The van der Waals surface area contributed by atoms with Crippen LogP contribution in [0.4, 0.5) is 14.5 Å². The number of pyridine rings is 1. The van der Waals surface area contributed by atoms with Gasteiger partial charge in [-0.15, -0.1) is 0 Å². The van der Waals surface area contributed by atoms with Crippen molar-refractivity contribution in [1.29, 1.82) is 0 Å². The van der Waals surface area contributed by atoms with Gasteiger partial charge in [0.25, 0.3) is 5.91 Å². The summed E-state index contributed by atoms with van der Waals surface area (Å²) in [6, 6.07) is 4.59. The summed E-state index contributed by atoms with van der Waals surface area (Å²) in [6.45, 7) is 3.40. The third-order valence-electron chi connectivity index (χ3n) is 3.90. The molecular formula is C18H16F2N4O2. The van der Waals surface area contributed by atoms with E-state index in [-0.39, 0.29) is 11.1 Å². The Bertz CT molecular complexity index is 1000. The first-order valence-corrected chi connectivity index (χ1v) is 7.73. The average Bonchev–Trinajstić information content (AvgIpc) is 3.09. The van der Waals surface area contributed by atoms with Crippen molar-refractivity contribution in [2.45, 2.75) is 13.8 Å². The van der Waals surface area contributed by atoms with Gasteiger partial charge in [-0.05, 0) is 25.5 Å². The number of nitrogens with zero attached hydrogens (tertiary/aromatic N) is 2. The molecule has 0 spiro atoms. The predicted octanol–water partition coefficient (Wildman–Crippen LogP) is 3.67. The fourth-order valence-corrected chi connectivity index (χ4v) is 2.57. The van der Waals surface area contributed by atoms with Crippen molar-refractivity contribution in [3.8, 4) is 5.88 Å². The molecule has 3 aromatic rings. The molecule has 0 saturated carbocycles. The molecule has 0 fully saturated rings. The number of hydrogen-bond donors (Lipinski definition) is 2. The van der Waals surface area contributed by atoms with Gasteiger partial charge in [-0.2, -0.15) is 5.10 Å². The number of carbonyl (C=O) groups is 1. The number of fused-ring (bicyclic) bond motifs is 1. The second-order valence-electron chi connectivity index (χ2n) is 5.69. The van der Waals surface area contributed by atoms with Gasteiger partial charge in [-0.3, -0.25) is 9.89 Å². The highest BCUT2D eigenvalue weighted by Crippen LogP contribution is 2.25. The van der Waals surface area contributed by atoms with Crippen molar-refractivity contribution in [3.63, 3.8) is 0 Å². The summed E-state index contributed by atoms with van der Waals surface area (Å²) < 4.78 is 33.7. The third kappa shape index (κ3) is 3.26. The van der Waals surface area contributed by atoms with Crippen LogP contribution in [0.15, 0.2) is 30.2 Å². The molecule has 0 aliphatic rings. The van der Waals surface area contributed by atoms with Crippen molar-refractivity contribution in [2.75, 3.05) is 12.4 Å². The lowest BCUT2D eigenvalue weighted by Gasteiger charge is -2.12. The first-order valence-electron chi connectivity index (χ1n) is 7.73. The maximum Gasteiger partial charge on any atom is 0.284 e. The monoisotopic (exact) mass is 358 g/mol. The number of anilines is 1. The molecule has 2 heterocycles. The maximum absolute atomic E-state index is 14.3. The summed E-state index contributed by atoms with van der Waals surface area (Å²) in [4.78, 5) is 16.3. The van der Waals surface area contributed by atoms with E-state index in [2.05, 4.69) is 20.5 Å². The highest BCUT2D eigenvalue weighted by Gasteiger charge is 2.16. The van der Waals surface area contributed by atoms with Gasteiger partial charge >= 0.3 is 0 Å². The van der Waals surface area contributed by atoms with Gasteiger partial charge in [0.2, 0.25) is 5.88 Å². The van der Waals surface area contributed by atoms with Crippen LogP contribution in [-0.2, 0) is 4.79 Å². The van der Waals surface area contributed by atoms with E-state index in [0.717, 1.165) is 6.08 Å². The highest BCUT2D eigenvalue weighted by molar-refractivity contribution is 6.05. The Morgan fingerprint density at radius 2 is 2.12 bits per heavy atom. The second kappa shape index (κ2) is 6.91. The minimum Gasteiger partial charge on any atom is -0.481 e. The zero-order chi connectivity index (χ0) is 18.8. The van der Waals surface area contributed by atoms with E-state index in [0.29, 0.717) is 28.2 Å². The number of ether oxygens (including phenoxy) is 1. The molecule has 0 aliphatic carbocycles. The molecule has 0 bridgehead atoms. The van der Waals surface area contributed by atoms with Gasteiger partial charge in [0.05, 0.1) is 24.7 Å². The predicted molar refractivity (Wildman–Crippen MR) is 94.0 cm³/mol. The molecule has 134 valence electrons. The van der Waals surface area contributed by atoms with Crippen LogP contribution in [0.3, 0.4) is 0 Å². The number of methoxy groups -OCH3 is 1. The molecule has 26 heavy (non-hydrogen) atoms. The summed E-state index contributed by atoms with van der Waals surface area (Å²) in [7, 11) is 1.48. The lowest BCUT2D eigenvalue weighted by molar-refractivity contribution is -0.114. The maximum atomic E-state index is 14.3. The number of carbonyl (C=O) groups excluding carboxylic acids is 1. The number of benzene rings is 1. The van der Waals surface area contributed by atoms with Crippen LogP contribution in [0.2, 0.25) is 0 Å². The van der Waals surface area contributed by atoms with Gasteiger partial charge < -0.3 is 10.1 Å². The number of halogens is 2. The summed E-state index contributed by atoms with van der Waals surface area (Å²) >= 11 is 0. The Balaban J connectivity index is 1.87. The Morgan fingerprint density at radius 1 is 1.35 bits per heavy atom. The minimum absolute atomic E-state index is 0.0595. The molecule has 0 unspecified atom stereocenters. The number of H-pyrrole nitrogens is 1. The van der Waals surface area contributed by atoms with Crippen molar-refractivity contribution in [1.82, 2.24) is 15.2 Å². The number of aromatic nitrogens is 3. The smallest absolute Gasteiger partial charge is 0.284 e. The second-order valence-corrected chi connectivity index (χ2v) is 5.69. The van der Waals surface area contributed by atoms with Crippen LogP contribution in [0.25, 0.3) is 17.0 Å². The standard InChI is InChI=1S/C18H16F2N4O2/c1-9-6-14(26-3)22-10(2)16(9)23-18(25)13(19)7-11-4-5-12-8-21-24-17(12)15(11)20/h4-8H,1-3H3,(H,21,24)(H,23,25)/b13-7-. The Kier molecular flexibility index (Phi) is 4.66. The van der Waals surface area contributed by atoms with E-state index in [4.69, 9.17) is 4.74 Å². The molecule has 0 atom stereocenters. The Morgan fingerprint density at radius 3 is 2.81 bits per heavy atom. The molecule has 1 aromatic carbocycles. The number of aromatic amines is 1. The summed E-state index contributed by atoms with van der Waals surface area (Å²) in [6.07, 6.45) is 2.30. The molecule has 8 heteroatoms. The molecule has 1 amide bonds. The van der Waals surface area contributed by atoms with Crippen molar-refractivity contribution in [3.05, 3.63) is 52.9 Å². The minimum atomic E-state index is -1.13. The first kappa shape index (κ1) is 17.5. The van der Waals surface area contributed by atoms with E-state index in [1.54, 1.807) is 26.0 Å². The van der Waals surface area contributed by atoms with Crippen molar-refractivity contribution in [2.24, 2.45) is 0 Å². The van der Waals surface area contributed by atoms with Crippen molar-refractivity contribution >= 4 is 28.6 Å².